The fourth-order valence-electron chi connectivity index (χ4n) is 2.78. The van der Waals surface area contributed by atoms with Crippen molar-refractivity contribution in [1.29, 1.82) is 0 Å². The number of nitrogens with two attached hydrogens (primary N) is 2. The molecule has 0 atom stereocenters. The van der Waals surface area contributed by atoms with Gasteiger partial charge >= 0.3 is 32.7 Å². The molecule has 0 spiro atoms. The van der Waals surface area contributed by atoms with Crippen molar-refractivity contribution < 1.29 is 41.9 Å². The van der Waals surface area contributed by atoms with Gasteiger partial charge in [0.25, 0.3) is 5.91 Å². The molecule has 0 aliphatic heterocycles. The van der Waals surface area contributed by atoms with Gasteiger partial charge < -0.3 is 20.8 Å². The van der Waals surface area contributed by atoms with Crippen molar-refractivity contribution >= 4 is 11.9 Å². The van der Waals surface area contributed by atoms with Crippen molar-refractivity contribution in [3.05, 3.63) is 31.2 Å². The minimum absolute atomic E-state index is 0. The quantitative estimate of drug-likeness (QED) is 0.461. The van der Waals surface area contributed by atoms with Crippen LogP contribution in [-0.2, 0) is 32.7 Å². The van der Waals surface area contributed by atoms with Crippen LogP contribution in [0.2, 0.25) is 0 Å². The molecule has 0 saturated heterocycles. The number of rotatable bonds is 5. The first-order chi connectivity index (χ1) is 10.1. The molecule has 6 nitrogen and oxygen atoms in total. The van der Waals surface area contributed by atoms with Gasteiger partial charge in [-0.1, -0.05) is 0 Å². The molecule has 7 heteroatoms. The average molecular weight is 380 g/mol. The Morgan fingerprint density at radius 1 is 1.32 bits per heavy atom. The number of nitrogens with zero attached hydrogens (tertiary/aromatic N) is 2. The van der Waals surface area contributed by atoms with Crippen LogP contribution in [0.1, 0.15) is 36.2 Å². The maximum atomic E-state index is 12.0. The van der Waals surface area contributed by atoms with Gasteiger partial charge in [0.15, 0.2) is 11.7 Å². The summed E-state index contributed by atoms with van der Waals surface area (Å²) < 4.78 is 5.11. The van der Waals surface area contributed by atoms with E-state index in [4.69, 9.17) is 15.9 Å². The van der Waals surface area contributed by atoms with E-state index in [2.05, 4.69) is 12.0 Å². The first-order valence-electron chi connectivity index (χ1n) is 7.27. The predicted octanol–water partition coefficient (Wildman–Crippen LogP) is 1.59. The Labute approximate surface area is 156 Å². The summed E-state index contributed by atoms with van der Waals surface area (Å²) in [5.41, 5.74) is 10.7. The van der Waals surface area contributed by atoms with Crippen molar-refractivity contribution in [3.8, 4) is 0 Å². The molecule has 22 heavy (non-hydrogen) atoms. The van der Waals surface area contributed by atoms with Gasteiger partial charge in [-0.05, 0) is 56.2 Å². The van der Waals surface area contributed by atoms with E-state index in [1.54, 1.807) is 12.1 Å². The number of furan rings is 1. The van der Waals surface area contributed by atoms with Gasteiger partial charge in [0.1, 0.15) is 0 Å². The Morgan fingerprint density at radius 2 is 1.95 bits per heavy atom. The normalized spacial score (nSPS) is 20.8. The standard InChI is InChI=1S/C15H23N4O2.Y/c1-19(14(20)13-3-2-8-21-13)10-12-6-4-11(5-7-12)9-18-15(16)17;/h2-3,8,11-12H,1,4-7,9-10H2,(H4,16,17,18);/q-1;+3. The molecule has 4 N–H and O–H groups in total. The smallest absolute Gasteiger partial charge is 0.489 e. The Balaban J connectivity index is 0.00000242. The summed E-state index contributed by atoms with van der Waals surface area (Å²) in [6, 6.07) is 3.36. The van der Waals surface area contributed by atoms with Crippen LogP contribution in [0, 0.1) is 18.9 Å². The van der Waals surface area contributed by atoms with Crippen molar-refractivity contribution in [2.45, 2.75) is 25.7 Å². The van der Waals surface area contributed by atoms with Crippen LogP contribution < -0.4 is 11.5 Å². The number of carbonyl (C=O) groups excluding carboxylic acids is 1. The molecule has 0 unspecified atom stereocenters. The number of aliphatic imine (C=N–C) groups is 1. The van der Waals surface area contributed by atoms with Gasteiger partial charge in [-0.15, -0.1) is 0 Å². The maximum absolute atomic E-state index is 12.0. The Hall–Kier alpha value is -0.876. The van der Waals surface area contributed by atoms with Crippen molar-refractivity contribution in [2.75, 3.05) is 13.1 Å². The van der Waals surface area contributed by atoms with E-state index in [9.17, 15) is 4.79 Å². The summed E-state index contributed by atoms with van der Waals surface area (Å²) in [6.07, 6.45) is 5.81. The van der Waals surface area contributed by atoms with E-state index in [0.717, 1.165) is 25.7 Å². The number of amides is 1. The van der Waals surface area contributed by atoms with Crippen LogP contribution >= 0.6 is 0 Å². The van der Waals surface area contributed by atoms with Gasteiger partial charge in [0.2, 0.25) is 0 Å². The monoisotopic (exact) mass is 380 g/mol. The molecule has 0 aromatic carbocycles. The third-order valence-electron chi connectivity index (χ3n) is 4.00. The second-order valence-corrected chi connectivity index (χ2v) is 5.66. The van der Waals surface area contributed by atoms with Gasteiger partial charge in [0, 0.05) is 6.54 Å². The van der Waals surface area contributed by atoms with E-state index < -0.39 is 0 Å². The molecule has 1 fully saturated rings. The molecule has 2 rings (SSSR count). The average Bonchev–Trinajstić information content (AvgIpc) is 2.99. The third kappa shape index (κ3) is 5.73. The summed E-state index contributed by atoms with van der Waals surface area (Å²) in [5, 5.41) is 0. The number of hydrogen-bond acceptors (Lipinski definition) is 3. The number of guanidine groups is 1. The van der Waals surface area contributed by atoms with Crippen LogP contribution in [0.15, 0.2) is 27.8 Å². The third-order valence-corrected chi connectivity index (χ3v) is 4.00. The van der Waals surface area contributed by atoms with Crippen LogP contribution in [0.25, 0.3) is 0 Å². The van der Waals surface area contributed by atoms with Crippen molar-refractivity contribution in [1.82, 2.24) is 4.90 Å². The van der Waals surface area contributed by atoms with Crippen LogP contribution in [-0.4, -0.2) is 29.9 Å². The molecule has 0 bridgehead atoms. The molecule has 0 radical (unpaired) electrons. The topological polar surface area (TPSA) is 97.9 Å². The zero-order valence-electron chi connectivity index (χ0n) is 12.8. The van der Waals surface area contributed by atoms with Gasteiger partial charge in [0.05, 0.1) is 6.26 Å². The molecule has 1 heterocycles. The molecular weight excluding hydrogens is 357 g/mol. The van der Waals surface area contributed by atoms with E-state index >= 15 is 0 Å². The van der Waals surface area contributed by atoms with Crippen LogP contribution in [0.4, 0.5) is 0 Å². The molecule has 1 aliphatic rings. The zero-order valence-corrected chi connectivity index (χ0v) is 15.6. The Morgan fingerprint density at radius 3 is 2.50 bits per heavy atom. The Bertz CT molecular complexity index is 478. The molecular formula is C15H23N4O2Y+2. The first-order valence-corrected chi connectivity index (χ1v) is 7.27. The van der Waals surface area contributed by atoms with Gasteiger partial charge in [-0.3, -0.25) is 16.8 Å². The molecule has 116 valence electrons. The van der Waals surface area contributed by atoms with E-state index in [1.807, 2.05) is 0 Å². The molecule has 1 aromatic rings. The fraction of sp³-hybridized carbons (Fsp3) is 0.533. The fourth-order valence-corrected chi connectivity index (χ4v) is 2.78. The summed E-state index contributed by atoms with van der Waals surface area (Å²) in [6.45, 7) is 1.36. The first kappa shape index (κ1) is 19.2. The van der Waals surface area contributed by atoms with Crippen LogP contribution in [0.5, 0.6) is 0 Å². The summed E-state index contributed by atoms with van der Waals surface area (Å²) >= 11 is 0. The maximum Gasteiger partial charge on any atom is 3.00 e. The van der Waals surface area contributed by atoms with E-state index in [1.165, 1.54) is 11.2 Å². The SMILES string of the molecule is [CH2-]N(CC1CCC(CN=C(N)N)CC1)C(=O)c1ccco1.[Y+3]. The molecule has 1 aliphatic carbocycles. The van der Waals surface area contributed by atoms with Crippen LogP contribution in [0.3, 0.4) is 0 Å². The van der Waals surface area contributed by atoms with Gasteiger partial charge in [-0.2, -0.15) is 0 Å². The molecule has 1 aromatic heterocycles. The second-order valence-electron chi connectivity index (χ2n) is 5.66. The minimum Gasteiger partial charge on any atom is -0.489 e. The predicted molar refractivity (Wildman–Crippen MR) is 81.2 cm³/mol. The van der Waals surface area contributed by atoms with Crippen molar-refractivity contribution in [3.63, 3.8) is 0 Å². The van der Waals surface area contributed by atoms with Gasteiger partial charge in [-0.25, -0.2) is 0 Å². The number of hydrogen-bond donors (Lipinski definition) is 2. The molecule has 1 amide bonds. The number of carbonyl (C=O) groups is 1. The molecule has 1 saturated carbocycles. The second kappa shape index (κ2) is 9.30. The Kier molecular flexibility index (Phi) is 8.11. The largest absolute Gasteiger partial charge is 3.00 e. The minimum atomic E-state index is -0.164. The zero-order chi connectivity index (χ0) is 15.2. The van der Waals surface area contributed by atoms with E-state index in [0.29, 0.717) is 30.7 Å². The summed E-state index contributed by atoms with van der Waals surface area (Å²) in [4.78, 5) is 17.6. The van der Waals surface area contributed by atoms with E-state index in [-0.39, 0.29) is 44.6 Å². The van der Waals surface area contributed by atoms with Crippen molar-refractivity contribution in [2.24, 2.45) is 28.3 Å². The summed E-state index contributed by atoms with van der Waals surface area (Å²) in [7, 11) is 3.84. The summed E-state index contributed by atoms with van der Waals surface area (Å²) in [5.74, 6) is 1.36.